The van der Waals surface area contributed by atoms with Crippen molar-refractivity contribution in [2.24, 2.45) is 4.99 Å². The van der Waals surface area contributed by atoms with Gasteiger partial charge in [-0.1, -0.05) is 29.3 Å². The maximum absolute atomic E-state index is 12.4. The molecule has 0 spiro atoms. The first-order chi connectivity index (χ1) is 12.3. The van der Waals surface area contributed by atoms with E-state index in [2.05, 4.69) is 15.0 Å². The molecule has 1 aliphatic heterocycles. The Kier molecular flexibility index (Phi) is 5.50. The van der Waals surface area contributed by atoms with Crippen molar-refractivity contribution in [3.63, 3.8) is 0 Å². The van der Waals surface area contributed by atoms with Gasteiger partial charge >= 0.3 is 0 Å². The van der Waals surface area contributed by atoms with Gasteiger partial charge in [-0.15, -0.1) is 0 Å². The zero-order chi connectivity index (χ0) is 18.7. The van der Waals surface area contributed by atoms with Crippen molar-refractivity contribution in [1.82, 2.24) is 4.72 Å². The van der Waals surface area contributed by atoms with Gasteiger partial charge in [0.05, 0.1) is 15.5 Å². The third-order valence-corrected chi connectivity index (χ3v) is 5.63. The van der Waals surface area contributed by atoms with E-state index in [1.54, 1.807) is 18.2 Å². The summed E-state index contributed by atoms with van der Waals surface area (Å²) in [6, 6.07) is 10.5. The van der Waals surface area contributed by atoms with Crippen LogP contribution in [0.1, 0.15) is 23.2 Å². The smallest absolute Gasteiger partial charge is 0.262 e. The van der Waals surface area contributed by atoms with E-state index < -0.39 is 15.9 Å². The van der Waals surface area contributed by atoms with Gasteiger partial charge in [0.1, 0.15) is 5.84 Å². The molecule has 0 saturated carbocycles. The Hall–Kier alpha value is -2.09. The molecule has 136 valence electrons. The molecule has 0 fully saturated rings. The number of rotatable bonds is 4. The number of hydrogen-bond donors (Lipinski definition) is 2. The standard InChI is InChI=1S/C17H15Cl2N3O3S/c18-11-6-7-14(15(19)9-11)17(23)21-12-3-1-4-13(10-12)26(24,25)22-16-5-2-8-20-16/h1,3-4,6-7,9-10H,2,5,8H2,(H,20,22)(H,21,23). The highest BCUT2D eigenvalue weighted by atomic mass is 35.5. The van der Waals surface area contributed by atoms with E-state index in [0.29, 0.717) is 29.5 Å². The fourth-order valence-corrected chi connectivity index (χ4v) is 4.08. The molecule has 9 heteroatoms. The van der Waals surface area contributed by atoms with Gasteiger partial charge in [-0.2, -0.15) is 0 Å². The van der Waals surface area contributed by atoms with Crippen LogP contribution in [0.2, 0.25) is 10.0 Å². The van der Waals surface area contributed by atoms with Crippen LogP contribution >= 0.6 is 23.2 Å². The largest absolute Gasteiger partial charge is 0.322 e. The molecular formula is C17H15Cl2N3O3S. The number of carbonyl (C=O) groups excluding carboxylic acids is 1. The number of halogens is 2. The Morgan fingerprint density at radius 2 is 1.92 bits per heavy atom. The summed E-state index contributed by atoms with van der Waals surface area (Å²) in [7, 11) is -3.76. The minimum absolute atomic E-state index is 0.0344. The number of hydrogen-bond acceptors (Lipinski definition) is 4. The summed E-state index contributed by atoms with van der Waals surface area (Å²) in [6.45, 7) is 0.621. The number of amidine groups is 1. The fourth-order valence-electron chi connectivity index (χ4n) is 2.45. The number of nitrogens with zero attached hydrogens (tertiary/aromatic N) is 1. The lowest BCUT2D eigenvalue weighted by Crippen LogP contribution is -2.29. The SMILES string of the molecule is O=C(Nc1cccc(S(=O)(=O)NC2=NCCC2)c1)c1ccc(Cl)cc1Cl. The van der Waals surface area contributed by atoms with Gasteiger partial charge in [-0.25, -0.2) is 8.42 Å². The van der Waals surface area contributed by atoms with Crippen LogP contribution in [0.4, 0.5) is 5.69 Å². The first-order valence-corrected chi connectivity index (χ1v) is 10.0. The maximum atomic E-state index is 12.4. The van der Waals surface area contributed by atoms with Crippen molar-refractivity contribution in [2.75, 3.05) is 11.9 Å². The molecule has 0 aromatic heterocycles. The third-order valence-electron chi connectivity index (χ3n) is 3.70. The number of sulfonamides is 1. The Bertz CT molecular complexity index is 990. The second-order valence-electron chi connectivity index (χ2n) is 5.64. The van der Waals surface area contributed by atoms with Crippen molar-refractivity contribution in [2.45, 2.75) is 17.7 Å². The van der Waals surface area contributed by atoms with E-state index in [0.717, 1.165) is 6.42 Å². The molecule has 0 saturated heterocycles. The summed E-state index contributed by atoms with van der Waals surface area (Å²) in [5.41, 5.74) is 0.569. The highest BCUT2D eigenvalue weighted by molar-refractivity contribution is 7.90. The Morgan fingerprint density at radius 1 is 1.12 bits per heavy atom. The lowest BCUT2D eigenvalue weighted by Gasteiger charge is -2.10. The molecule has 0 aliphatic carbocycles. The maximum Gasteiger partial charge on any atom is 0.262 e. The summed E-state index contributed by atoms with van der Waals surface area (Å²) in [5, 5.41) is 3.26. The molecule has 0 radical (unpaired) electrons. The van der Waals surface area contributed by atoms with Crippen LogP contribution in [0.15, 0.2) is 52.4 Å². The minimum atomic E-state index is -3.76. The molecule has 1 heterocycles. The van der Waals surface area contributed by atoms with Crippen molar-refractivity contribution >= 4 is 50.7 Å². The predicted molar refractivity (Wildman–Crippen MR) is 103 cm³/mol. The number of nitrogens with one attached hydrogen (secondary N) is 2. The molecule has 2 N–H and O–H groups in total. The molecule has 1 aliphatic rings. The van der Waals surface area contributed by atoms with Crippen molar-refractivity contribution in [3.8, 4) is 0 Å². The molecule has 0 bridgehead atoms. The first-order valence-electron chi connectivity index (χ1n) is 7.78. The average molecular weight is 412 g/mol. The highest BCUT2D eigenvalue weighted by Gasteiger charge is 2.19. The van der Waals surface area contributed by atoms with Gasteiger partial charge < -0.3 is 5.32 Å². The lowest BCUT2D eigenvalue weighted by atomic mass is 10.2. The molecule has 0 unspecified atom stereocenters. The average Bonchev–Trinajstić information content (AvgIpc) is 3.07. The van der Waals surface area contributed by atoms with Gasteiger partial charge in [0.25, 0.3) is 15.9 Å². The zero-order valence-corrected chi connectivity index (χ0v) is 15.8. The summed E-state index contributed by atoms with van der Waals surface area (Å²) < 4.78 is 27.4. The molecule has 3 rings (SSSR count). The molecular weight excluding hydrogens is 397 g/mol. The summed E-state index contributed by atoms with van der Waals surface area (Å²) >= 11 is 11.8. The van der Waals surface area contributed by atoms with E-state index in [1.807, 2.05) is 0 Å². The molecule has 2 aromatic rings. The van der Waals surface area contributed by atoms with Crippen molar-refractivity contribution in [1.29, 1.82) is 0 Å². The Labute approximate surface area is 161 Å². The zero-order valence-electron chi connectivity index (χ0n) is 13.5. The molecule has 2 aromatic carbocycles. The quantitative estimate of drug-likeness (QED) is 0.803. The number of anilines is 1. The summed E-state index contributed by atoms with van der Waals surface area (Å²) in [6.07, 6.45) is 1.43. The van der Waals surface area contributed by atoms with Gasteiger partial charge in [-0.05, 0) is 42.8 Å². The number of benzene rings is 2. The van der Waals surface area contributed by atoms with E-state index in [1.165, 1.54) is 24.3 Å². The van der Waals surface area contributed by atoms with Crippen molar-refractivity contribution < 1.29 is 13.2 Å². The summed E-state index contributed by atoms with van der Waals surface area (Å²) in [5.74, 6) is -0.0123. The third kappa shape index (κ3) is 4.35. The van der Waals surface area contributed by atoms with Crippen LogP contribution < -0.4 is 10.0 Å². The normalized spacial score (nSPS) is 14.0. The predicted octanol–water partition coefficient (Wildman–Crippen LogP) is 3.72. The van der Waals surface area contributed by atoms with E-state index in [-0.39, 0.29) is 15.5 Å². The Balaban J connectivity index is 1.79. The second-order valence-corrected chi connectivity index (χ2v) is 8.17. The minimum Gasteiger partial charge on any atom is -0.322 e. The van der Waals surface area contributed by atoms with Crippen molar-refractivity contribution in [3.05, 3.63) is 58.1 Å². The Morgan fingerprint density at radius 3 is 2.62 bits per heavy atom. The number of carbonyl (C=O) groups is 1. The molecule has 1 amide bonds. The van der Waals surface area contributed by atoms with Crippen LogP contribution in [0.25, 0.3) is 0 Å². The van der Waals surface area contributed by atoms with Crippen LogP contribution in [0, 0.1) is 0 Å². The van der Waals surface area contributed by atoms with Gasteiger partial charge in [-0.3, -0.25) is 14.5 Å². The van der Waals surface area contributed by atoms with Crippen LogP contribution in [0.5, 0.6) is 0 Å². The van der Waals surface area contributed by atoms with E-state index in [9.17, 15) is 13.2 Å². The monoisotopic (exact) mass is 411 g/mol. The number of aliphatic imine (C=N–C) groups is 1. The molecule has 6 nitrogen and oxygen atoms in total. The second kappa shape index (κ2) is 7.65. The van der Waals surface area contributed by atoms with Gasteiger partial charge in [0.2, 0.25) is 0 Å². The van der Waals surface area contributed by atoms with Crippen LogP contribution in [-0.4, -0.2) is 26.7 Å². The van der Waals surface area contributed by atoms with Gasteiger partial charge in [0, 0.05) is 23.7 Å². The van der Waals surface area contributed by atoms with E-state index >= 15 is 0 Å². The van der Waals surface area contributed by atoms with Crippen LogP contribution in [0.3, 0.4) is 0 Å². The highest BCUT2D eigenvalue weighted by Crippen LogP contribution is 2.23. The fraction of sp³-hybridized carbons (Fsp3) is 0.176. The van der Waals surface area contributed by atoms with Crippen LogP contribution in [-0.2, 0) is 10.0 Å². The topological polar surface area (TPSA) is 87.6 Å². The number of amides is 1. The van der Waals surface area contributed by atoms with E-state index in [4.69, 9.17) is 23.2 Å². The first kappa shape index (κ1) is 18.7. The molecule has 26 heavy (non-hydrogen) atoms. The molecule has 0 atom stereocenters. The lowest BCUT2D eigenvalue weighted by molar-refractivity contribution is 0.102. The van der Waals surface area contributed by atoms with Gasteiger partial charge in [0.15, 0.2) is 0 Å². The summed E-state index contributed by atoms with van der Waals surface area (Å²) in [4.78, 5) is 16.5.